The van der Waals surface area contributed by atoms with E-state index < -0.39 is 0 Å². The van der Waals surface area contributed by atoms with Gasteiger partial charge in [-0.3, -0.25) is 0 Å². The van der Waals surface area contributed by atoms with Crippen LogP contribution in [0.3, 0.4) is 0 Å². The van der Waals surface area contributed by atoms with Crippen LogP contribution in [-0.2, 0) is 0 Å². The first-order valence-corrected chi connectivity index (χ1v) is 5.30. The van der Waals surface area contributed by atoms with Gasteiger partial charge >= 0.3 is 0 Å². The van der Waals surface area contributed by atoms with E-state index in [9.17, 15) is 0 Å². The van der Waals surface area contributed by atoms with Gasteiger partial charge in [-0.15, -0.1) is 0 Å². The Balaban J connectivity index is 2.32. The van der Waals surface area contributed by atoms with Gasteiger partial charge in [0, 0.05) is 13.1 Å². The number of halogens is 2. The lowest BCUT2D eigenvalue weighted by atomic mass is 10.0. The van der Waals surface area contributed by atoms with Crippen LogP contribution in [0.25, 0.3) is 5.57 Å². The Kier molecular flexibility index (Phi) is 3.12. The van der Waals surface area contributed by atoms with Crippen LogP contribution >= 0.6 is 23.2 Å². The van der Waals surface area contributed by atoms with Crippen LogP contribution in [0.2, 0.25) is 10.0 Å². The van der Waals surface area contributed by atoms with Crippen LogP contribution in [0.5, 0.6) is 0 Å². The summed E-state index contributed by atoms with van der Waals surface area (Å²) in [5.41, 5.74) is 2.48. The van der Waals surface area contributed by atoms with Crippen molar-refractivity contribution >= 4 is 28.8 Å². The Morgan fingerprint density at radius 1 is 1.14 bits per heavy atom. The van der Waals surface area contributed by atoms with Gasteiger partial charge in [-0.25, -0.2) is 5.32 Å². The van der Waals surface area contributed by atoms with Crippen molar-refractivity contribution in [2.45, 2.75) is 6.42 Å². The molecular weight excluding hydrogens is 217 g/mol. The Hall–Kier alpha value is -0.500. The zero-order valence-electron chi connectivity index (χ0n) is 7.63. The van der Waals surface area contributed by atoms with Crippen molar-refractivity contribution < 1.29 is 0 Å². The standard InChI is InChI=1S/C11H10Cl2N/c12-10-2-1-9(7-11(10)13)8-3-5-14-6-4-8/h1-3,7H,4-6H2. The minimum absolute atomic E-state index is 0.608. The van der Waals surface area contributed by atoms with Crippen LogP contribution < -0.4 is 5.32 Å². The number of rotatable bonds is 1. The fourth-order valence-electron chi connectivity index (χ4n) is 1.53. The van der Waals surface area contributed by atoms with Gasteiger partial charge in [0.25, 0.3) is 0 Å². The maximum atomic E-state index is 5.95. The molecule has 2 rings (SSSR count). The highest BCUT2D eigenvalue weighted by Crippen LogP contribution is 2.27. The Morgan fingerprint density at radius 3 is 2.64 bits per heavy atom. The van der Waals surface area contributed by atoms with Crippen molar-refractivity contribution in [2.24, 2.45) is 0 Å². The van der Waals surface area contributed by atoms with Crippen LogP contribution in [0, 0.1) is 0 Å². The summed E-state index contributed by atoms with van der Waals surface area (Å²) in [5.74, 6) is 0. The van der Waals surface area contributed by atoms with Gasteiger partial charge in [0.2, 0.25) is 0 Å². The first kappa shape index (κ1) is 10.0. The van der Waals surface area contributed by atoms with E-state index in [1.165, 1.54) is 5.57 Å². The monoisotopic (exact) mass is 226 g/mol. The lowest BCUT2D eigenvalue weighted by Crippen LogP contribution is -2.12. The molecule has 0 spiro atoms. The molecule has 1 aromatic carbocycles. The van der Waals surface area contributed by atoms with E-state index in [1.54, 1.807) is 0 Å². The molecule has 3 heteroatoms. The SMILES string of the molecule is Clc1ccc(C2=CC[N]CC2)cc1Cl. The van der Waals surface area contributed by atoms with Crippen LogP contribution in [0.15, 0.2) is 24.3 Å². The number of benzene rings is 1. The highest BCUT2D eigenvalue weighted by atomic mass is 35.5. The van der Waals surface area contributed by atoms with E-state index in [0.717, 1.165) is 25.1 Å². The summed E-state index contributed by atoms with van der Waals surface area (Å²) < 4.78 is 0. The van der Waals surface area contributed by atoms with Crippen molar-refractivity contribution in [1.29, 1.82) is 0 Å². The molecule has 1 heterocycles. The van der Waals surface area contributed by atoms with Gasteiger partial charge in [0.15, 0.2) is 0 Å². The first-order chi connectivity index (χ1) is 6.77. The summed E-state index contributed by atoms with van der Waals surface area (Å²) in [7, 11) is 0. The quantitative estimate of drug-likeness (QED) is 0.698. The van der Waals surface area contributed by atoms with Gasteiger partial charge in [-0.05, 0) is 29.7 Å². The van der Waals surface area contributed by atoms with Crippen molar-refractivity contribution in [1.82, 2.24) is 5.32 Å². The van der Waals surface area contributed by atoms with Crippen LogP contribution in [0.1, 0.15) is 12.0 Å². The molecule has 0 aliphatic carbocycles. The summed E-state index contributed by atoms with van der Waals surface area (Å²) in [4.78, 5) is 0. The molecule has 0 saturated carbocycles. The maximum absolute atomic E-state index is 5.95. The maximum Gasteiger partial charge on any atom is 0.0598 e. The molecule has 0 aromatic heterocycles. The third-order valence-electron chi connectivity index (χ3n) is 2.30. The summed E-state index contributed by atoms with van der Waals surface area (Å²) in [6, 6.07) is 5.76. The average Bonchev–Trinajstić information content (AvgIpc) is 2.23. The summed E-state index contributed by atoms with van der Waals surface area (Å²) in [6.07, 6.45) is 3.14. The van der Waals surface area contributed by atoms with Gasteiger partial charge in [0.05, 0.1) is 10.0 Å². The molecule has 0 N–H and O–H groups in total. The third-order valence-corrected chi connectivity index (χ3v) is 3.04. The Morgan fingerprint density at radius 2 is 2.00 bits per heavy atom. The summed E-state index contributed by atoms with van der Waals surface area (Å²) in [5, 5.41) is 5.48. The Bertz CT molecular complexity index is 372. The van der Waals surface area contributed by atoms with Gasteiger partial charge < -0.3 is 0 Å². The molecule has 0 amide bonds. The highest BCUT2D eigenvalue weighted by molar-refractivity contribution is 6.42. The predicted molar refractivity (Wildman–Crippen MR) is 60.9 cm³/mol. The molecule has 1 radical (unpaired) electrons. The molecule has 14 heavy (non-hydrogen) atoms. The average molecular weight is 227 g/mol. The molecule has 0 saturated heterocycles. The molecule has 1 nitrogen and oxygen atoms in total. The molecule has 1 aromatic rings. The molecule has 0 bridgehead atoms. The number of hydrogen-bond acceptors (Lipinski definition) is 0. The highest BCUT2D eigenvalue weighted by Gasteiger charge is 2.07. The van der Waals surface area contributed by atoms with Gasteiger partial charge in [0.1, 0.15) is 0 Å². The predicted octanol–water partition coefficient (Wildman–Crippen LogP) is 3.38. The van der Waals surface area contributed by atoms with Crippen molar-refractivity contribution in [3.63, 3.8) is 0 Å². The second-order valence-corrected chi connectivity index (χ2v) is 4.05. The molecule has 1 aliphatic heterocycles. The number of hydrogen-bond donors (Lipinski definition) is 0. The van der Waals surface area contributed by atoms with E-state index in [2.05, 4.69) is 11.4 Å². The van der Waals surface area contributed by atoms with E-state index in [-0.39, 0.29) is 0 Å². The molecule has 0 atom stereocenters. The lowest BCUT2D eigenvalue weighted by Gasteiger charge is -2.13. The fourth-order valence-corrected chi connectivity index (χ4v) is 1.82. The Labute approximate surface area is 93.7 Å². The zero-order valence-corrected chi connectivity index (χ0v) is 9.15. The minimum atomic E-state index is 0.608. The third kappa shape index (κ3) is 2.11. The number of nitrogens with zero attached hydrogens (tertiary/aromatic N) is 1. The van der Waals surface area contributed by atoms with E-state index in [1.807, 2.05) is 18.2 Å². The second kappa shape index (κ2) is 4.35. The van der Waals surface area contributed by atoms with Crippen molar-refractivity contribution in [3.05, 3.63) is 39.9 Å². The largest absolute Gasteiger partial charge is 0.237 e. The fraction of sp³-hybridized carbons (Fsp3) is 0.273. The van der Waals surface area contributed by atoms with Crippen molar-refractivity contribution in [3.8, 4) is 0 Å². The van der Waals surface area contributed by atoms with Gasteiger partial charge in [-0.2, -0.15) is 0 Å². The second-order valence-electron chi connectivity index (χ2n) is 3.24. The smallest absolute Gasteiger partial charge is 0.0598 e. The van der Waals surface area contributed by atoms with Gasteiger partial charge in [-0.1, -0.05) is 35.3 Å². The lowest BCUT2D eigenvalue weighted by molar-refractivity contribution is 0.723. The molecule has 1 aliphatic rings. The summed E-state index contributed by atoms with van der Waals surface area (Å²) >= 11 is 11.8. The topological polar surface area (TPSA) is 14.1 Å². The first-order valence-electron chi connectivity index (χ1n) is 4.55. The van der Waals surface area contributed by atoms with E-state index in [0.29, 0.717) is 10.0 Å². The van der Waals surface area contributed by atoms with E-state index >= 15 is 0 Å². The molecule has 0 unspecified atom stereocenters. The molecule has 0 fully saturated rings. The van der Waals surface area contributed by atoms with Crippen LogP contribution in [0.4, 0.5) is 0 Å². The minimum Gasteiger partial charge on any atom is -0.237 e. The molecular formula is C11H10Cl2N. The van der Waals surface area contributed by atoms with E-state index in [4.69, 9.17) is 23.2 Å². The summed E-state index contributed by atoms with van der Waals surface area (Å²) in [6.45, 7) is 1.72. The van der Waals surface area contributed by atoms with Crippen molar-refractivity contribution in [2.75, 3.05) is 13.1 Å². The van der Waals surface area contributed by atoms with Crippen LogP contribution in [-0.4, -0.2) is 13.1 Å². The molecule has 73 valence electrons. The normalized spacial score (nSPS) is 16.6. The zero-order chi connectivity index (χ0) is 9.97.